The average molecular weight is 127 g/mol. The average Bonchev–Trinajstić information content (AvgIpc) is 1.81. The third-order valence-electron chi connectivity index (χ3n) is 1.70. The predicted octanol–water partition coefficient (Wildman–Crippen LogP) is -0.0256. The van der Waals surface area contributed by atoms with Crippen LogP contribution in [0.3, 0.4) is 0 Å². The lowest BCUT2D eigenvalue weighted by Crippen LogP contribution is -2.45. The molecule has 50 valence electrons. The van der Waals surface area contributed by atoms with Crippen molar-refractivity contribution in [1.29, 1.82) is 0 Å². The van der Waals surface area contributed by atoms with Gasteiger partial charge < -0.3 is 10.8 Å². The molecule has 1 aliphatic rings. The summed E-state index contributed by atoms with van der Waals surface area (Å²) in [5.74, 6) is -1.19. The van der Waals surface area contributed by atoms with Gasteiger partial charge in [-0.05, 0) is 6.42 Å². The number of nitrogens with two attached hydrogens (primary N) is 1. The Morgan fingerprint density at radius 3 is 2.56 bits per heavy atom. The number of carboxylic acids is 1. The van der Waals surface area contributed by atoms with Crippen molar-refractivity contribution in [3.8, 4) is 0 Å². The van der Waals surface area contributed by atoms with Crippen LogP contribution in [0.2, 0.25) is 0 Å². The van der Waals surface area contributed by atoms with Crippen LogP contribution in [0.25, 0.3) is 0 Å². The minimum atomic E-state index is -0.810. The highest BCUT2D eigenvalue weighted by atomic mass is 16.4. The van der Waals surface area contributed by atoms with Crippen LogP contribution in [0.5, 0.6) is 0 Å². The molecule has 0 saturated heterocycles. The van der Waals surface area contributed by atoms with Crippen LogP contribution >= 0.6 is 0 Å². The summed E-state index contributed by atoms with van der Waals surface area (Å²) < 4.78 is 0. The Labute approximate surface area is 53.2 Å². The van der Waals surface area contributed by atoms with Crippen LogP contribution < -0.4 is 5.73 Å². The molecule has 1 fully saturated rings. The molecule has 0 unspecified atom stereocenters. The Kier molecular flexibility index (Phi) is 1.29. The molecule has 0 aliphatic heterocycles. The molecule has 1 rings (SSSR count). The minimum absolute atomic E-state index is 0.303. The van der Waals surface area contributed by atoms with Gasteiger partial charge in [0.15, 0.2) is 0 Å². The third kappa shape index (κ3) is 0.833. The summed E-state index contributed by atoms with van der Waals surface area (Å²) in [6.07, 6.45) is 0.552. The number of rotatable bonds is 1. The molecule has 0 amide bonds. The monoisotopic (exact) mass is 127 g/mol. The molecule has 3 heteroatoms. The van der Waals surface area contributed by atoms with E-state index in [1.54, 1.807) is 0 Å². The Morgan fingerprint density at radius 1 is 1.89 bits per heavy atom. The van der Waals surface area contributed by atoms with Gasteiger partial charge >= 0.3 is 5.97 Å². The van der Waals surface area contributed by atoms with Crippen molar-refractivity contribution in [2.24, 2.45) is 11.7 Å². The number of carboxylic acid groups (broad SMARTS) is 1. The van der Waals surface area contributed by atoms with Gasteiger partial charge in [-0.2, -0.15) is 0 Å². The summed E-state index contributed by atoms with van der Waals surface area (Å²) >= 11 is 0. The van der Waals surface area contributed by atoms with Gasteiger partial charge in [0.1, 0.15) is 0 Å². The fourth-order valence-electron chi connectivity index (χ4n) is 0.910. The maximum absolute atomic E-state index is 10.2. The molecule has 0 aromatic rings. The van der Waals surface area contributed by atoms with Gasteiger partial charge in [0, 0.05) is 6.04 Å². The zero-order valence-corrected chi connectivity index (χ0v) is 5.00. The summed E-state index contributed by atoms with van der Waals surface area (Å²) in [5, 5.41) is 8.40. The zero-order chi connectivity index (χ0) is 7.02. The Morgan fingerprint density at radius 2 is 2.44 bits per heavy atom. The van der Waals surface area contributed by atoms with Gasteiger partial charge in [-0.3, -0.25) is 4.79 Å². The standard InChI is InChI=1S/C6H9NO2/c1-3-2-4(5(3)7)6(8)9/h4-5H,1-2,7H2,(H,8,9)/t4-,5+/m0/s1. The topological polar surface area (TPSA) is 63.3 Å². The highest BCUT2D eigenvalue weighted by molar-refractivity contribution is 5.74. The fourth-order valence-corrected chi connectivity index (χ4v) is 0.910. The van der Waals surface area contributed by atoms with Crippen LogP contribution in [0.4, 0.5) is 0 Å². The number of carbonyl (C=O) groups is 1. The second-order valence-corrected chi connectivity index (χ2v) is 2.33. The molecule has 0 spiro atoms. The molecule has 0 aromatic heterocycles. The molecular weight excluding hydrogens is 118 g/mol. The second kappa shape index (κ2) is 1.84. The molecule has 0 heterocycles. The zero-order valence-electron chi connectivity index (χ0n) is 5.00. The quantitative estimate of drug-likeness (QED) is 0.486. The van der Waals surface area contributed by atoms with Crippen LogP contribution in [-0.2, 0) is 4.79 Å². The maximum Gasteiger partial charge on any atom is 0.308 e. The van der Waals surface area contributed by atoms with Gasteiger partial charge in [0.25, 0.3) is 0 Å². The van der Waals surface area contributed by atoms with Gasteiger partial charge in [-0.1, -0.05) is 12.2 Å². The van der Waals surface area contributed by atoms with E-state index in [0.29, 0.717) is 6.42 Å². The predicted molar refractivity (Wildman–Crippen MR) is 32.9 cm³/mol. The number of hydrogen-bond acceptors (Lipinski definition) is 2. The Bertz CT molecular complexity index is 164. The smallest absolute Gasteiger partial charge is 0.308 e. The largest absolute Gasteiger partial charge is 0.481 e. The minimum Gasteiger partial charge on any atom is -0.481 e. The van der Waals surface area contributed by atoms with Crippen molar-refractivity contribution in [3.05, 3.63) is 12.2 Å². The maximum atomic E-state index is 10.2. The van der Waals surface area contributed by atoms with Crippen molar-refractivity contribution >= 4 is 5.97 Å². The first-order valence-corrected chi connectivity index (χ1v) is 2.79. The van der Waals surface area contributed by atoms with Crippen molar-refractivity contribution in [3.63, 3.8) is 0 Å². The summed E-state index contributed by atoms with van der Waals surface area (Å²) in [5.41, 5.74) is 6.24. The molecule has 9 heavy (non-hydrogen) atoms. The molecule has 3 N–H and O–H groups in total. The first kappa shape index (κ1) is 6.29. The third-order valence-corrected chi connectivity index (χ3v) is 1.70. The molecule has 1 saturated carbocycles. The molecule has 1 aliphatic carbocycles. The summed E-state index contributed by atoms with van der Waals surface area (Å²) in [6.45, 7) is 3.59. The van der Waals surface area contributed by atoms with E-state index in [4.69, 9.17) is 10.8 Å². The first-order valence-electron chi connectivity index (χ1n) is 2.79. The van der Waals surface area contributed by atoms with Crippen LogP contribution in [0, 0.1) is 5.92 Å². The summed E-state index contributed by atoms with van der Waals surface area (Å²) in [6, 6.07) is -0.303. The van der Waals surface area contributed by atoms with E-state index in [-0.39, 0.29) is 12.0 Å². The fraction of sp³-hybridized carbons (Fsp3) is 0.500. The van der Waals surface area contributed by atoms with Crippen LogP contribution in [0.1, 0.15) is 6.42 Å². The van der Waals surface area contributed by atoms with Gasteiger partial charge in [-0.25, -0.2) is 0 Å². The molecule has 0 aromatic carbocycles. The van der Waals surface area contributed by atoms with Gasteiger partial charge in [0.2, 0.25) is 0 Å². The lowest BCUT2D eigenvalue weighted by molar-refractivity contribution is -0.143. The van der Waals surface area contributed by atoms with Crippen molar-refractivity contribution in [1.82, 2.24) is 0 Å². The van der Waals surface area contributed by atoms with Gasteiger partial charge in [-0.15, -0.1) is 0 Å². The van der Waals surface area contributed by atoms with E-state index in [2.05, 4.69) is 6.58 Å². The summed E-state index contributed by atoms with van der Waals surface area (Å²) in [7, 11) is 0. The second-order valence-electron chi connectivity index (χ2n) is 2.33. The lowest BCUT2D eigenvalue weighted by atomic mass is 9.76. The van der Waals surface area contributed by atoms with Crippen molar-refractivity contribution in [2.75, 3.05) is 0 Å². The number of hydrogen-bond donors (Lipinski definition) is 2. The van der Waals surface area contributed by atoms with E-state index in [1.165, 1.54) is 0 Å². The summed E-state index contributed by atoms with van der Waals surface area (Å²) in [4.78, 5) is 10.2. The SMILES string of the molecule is C=C1C[C@H](C(=O)O)[C@@H]1N. The van der Waals surface area contributed by atoms with E-state index < -0.39 is 5.97 Å². The normalized spacial score (nSPS) is 33.7. The molecule has 0 radical (unpaired) electrons. The highest BCUT2D eigenvalue weighted by Gasteiger charge is 2.36. The molecule has 3 nitrogen and oxygen atoms in total. The molecular formula is C6H9NO2. The highest BCUT2D eigenvalue weighted by Crippen LogP contribution is 2.30. The van der Waals surface area contributed by atoms with Crippen LogP contribution in [0.15, 0.2) is 12.2 Å². The number of aliphatic carboxylic acids is 1. The molecule has 0 bridgehead atoms. The lowest BCUT2D eigenvalue weighted by Gasteiger charge is -2.32. The first-order chi connectivity index (χ1) is 4.13. The Hall–Kier alpha value is -0.830. The van der Waals surface area contributed by atoms with Crippen molar-refractivity contribution in [2.45, 2.75) is 12.5 Å². The van der Waals surface area contributed by atoms with E-state index in [0.717, 1.165) is 5.57 Å². The van der Waals surface area contributed by atoms with Gasteiger partial charge in [0.05, 0.1) is 5.92 Å². The van der Waals surface area contributed by atoms with Crippen molar-refractivity contribution < 1.29 is 9.90 Å². The van der Waals surface area contributed by atoms with E-state index >= 15 is 0 Å². The van der Waals surface area contributed by atoms with E-state index in [1.807, 2.05) is 0 Å². The van der Waals surface area contributed by atoms with Crippen LogP contribution in [-0.4, -0.2) is 17.1 Å². The Balaban J connectivity index is 2.51. The van der Waals surface area contributed by atoms with E-state index in [9.17, 15) is 4.79 Å². The molecule has 2 atom stereocenters.